The summed E-state index contributed by atoms with van der Waals surface area (Å²) in [6, 6.07) is 0. The Balaban J connectivity index is 5.48. The zero-order valence-electron chi connectivity index (χ0n) is 8.40. The van der Waals surface area contributed by atoms with E-state index >= 15 is 0 Å². The van der Waals surface area contributed by atoms with Crippen molar-refractivity contribution in [2.75, 3.05) is 0 Å². The third kappa shape index (κ3) is 3.20. The van der Waals surface area contributed by atoms with Crippen molar-refractivity contribution in [3.05, 3.63) is 0 Å². The van der Waals surface area contributed by atoms with Crippen molar-refractivity contribution in [1.29, 1.82) is 0 Å². The predicted molar refractivity (Wildman–Crippen MR) is 32.9 cm³/mol. The summed E-state index contributed by atoms with van der Waals surface area (Å²) in [5.41, 5.74) is 0. The van der Waals surface area contributed by atoms with Gasteiger partial charge in [-0.2, -0.15) is 52.7 Å². The van der Waals surface area contributed by atoms with Crippen molar-refractivity contribution in [2.45, 2.75) is 36.7 Å². The molecule has 1 unspecified atom stereocenters. The second kappa shape index (κ2) is 4.80. The zero-order chi connectivity index (χ0) is 16.8. The van der Waals surface area contributed by atoms with Crippen molar-refractivity contribution in [2.24, 2.45) is 0 Å². The van der Waals surface area contributed by atoms with E-state index in [-0.39, 0.29) is 0 Å². The summed E-state index contributed by atoms with van der Waals surface area (Å²) < 4.78 is 156. The molecule has 20 heavy (non-hydrogen) atoms. The van der Waals surface area contributed by atoms with E-state index in [0.29, 0.717) is 0 Å². The Kier molecular flexibility index (Phi) is 4.58. The molecule has 0 rings (SSSR count). The van der Waals surface area contributed by atoms with Crippen LogP contribution in [-0.2, 0) is 4.74 Å². The molecule has 1 atom stereocenters. The number of ether oxygens (including phenoxy) is 1. The van der Waals surface area contributed by atoms with Crippen LogP contribution in [0, 0.1) is 0 Å². The third-order valence-electron chi connectivity index (χ3n) is 1.62. The maximum absolute atomic E-state index is 12.3. The minimum Gasteiger partial charge on any atom is -0.272 e. The van der Waals surface area contributed by atoms with E-state index in [1.54, 1.807) is 4.74 Å². The van der Waals surface area contributed by atoms with Gasteiger partial charge in [-0.25, -0.2) is 4.39 Å². The summed E-state index contributed by atoms with van der Waals surface area (Å²) in [7, 11) is 0. The van der Waals surface area contributed by atoms with Crippen molar-refractivity contribution in [1.82, 2.24) is 0 Å². The maximum atomic E-state index is 12.3. The van der Waals surface area contributed by atoms with E-state index in [1.807, 2.05) is 0 Å². The fourth-order valence-corrected chi connectivity index (χ4v) is 0.632. The van der Waals surface area contributed by atoms with Gasteiger partial charge in [0.25, 0.3) is 6.36 Å². The summed E-state index contributed by atoms with van der Waals surface area (Å²) >= 11 is 0. The van der Waals surface area contributed by atoms with Gasteiger partial charge in [-0.15, -0.1) is 0 Å². The monoisotopic (exact) mass is 336 g/mol. The van der Waals surface area contributed by atoms with Gasteiger partial charge in [0.2, 0.25) is 0 Å². The molecule has 122 valence electrons. The molecule has 0 heterocycles. The van der Waals surface area contributed by atoms with E-state index in [4.69, 9.17) is 0 Å². The Morgan fingerprint density at radius 2 is 0.950 bits per heavy atom. The first-order valence-electron chi connectivity index (χ1n) is 3.96. The largest absolute Gasteiger partial charge is 0.460 e. The Labute approximate surface area is 99.8 Å². The van der Waals surface area contributed by atoms with E-state index in [9.17, 15) is 57.1 Å². The molecule has 0 spiro atoms. The molecular formula is C6HF13O. The molecule has 0 aliphatic heterocycles. The first kappa shape index (κ1) is 19.1. The third-order valence-corrected chi connectivity index (χ3v) is 1.62. The van der Waals surface area contributed by atoms with Crippen LogP contribution in [0.15, 0.2) is 0 Å². The van der Waals surface area contributed by atoms with Crippen LogP contribution >= 0.6 is 0 Å². The van der Waals surface area contributed by atoms with Gasteiger partial charge in [0.1, 0.15) is 0 Å². The second-order valence-electron chi connectivity index (χ2n) is 3.14. The fraction of sp³-hybridized carbons (Fsp3) is 1.00. The van der Waals surface area contributed by atoms with Gasteiger partial charge in [-0.05, 0) is 0 Å². The summed E-state index contributed by atoms with van der Waals surface area (Å²) in [4.78, 5) is 0. The lowest BCUT2D eigenvalue weighted by Gasteiger charge is -2.33. The van der Waals surface area contributed by atoms with Gasteiger partial charge < -0.3 is 0 Å². The van der Waals surface area contributed by atoms with Gasteiger partial charge in [0, 0.05) is 0 Å². The molecule has 0 aliphatic rings. The Morgan fingerprint density at radius 3 is 1.20 bits per heavy atom. The van der Waals surface area contributed by atoms with E-state index in [0.717, 1.165) is 0 Å². The van der Waals surface area contributed by atoms with Gasteiger partial charge in [-0.3, -0.25) is 4.74 Å². The van der Waals surface area contributed by atoms with E-state index in [1.165, 1.54) is 0 Å². The molecule has 0 saturated heterocycles. The fourth-order valence-electron chi connectivity index (χ4n) is 0.632. The Hall–Kier alpha value is -0.950. The van der Waals surface area contributed by atoms with E-state index in [2.05, 4.69) is 0 Å². The van der Waals surface area contributed by atoms with Gasteiger partial charge in [-0.1, -0.05) is 0 Å². The molecule has 0 N–H and O–H groups in total. The molecule has 0 bridgehead atoms. The first-order chi connectivity index (χ1) is 8.38. The average Bonchev–Trinajstić information content (AvgIpc) is 2.12. The maximum Gasteiger partial charge on any atom is 0.460 e. The molecule has 14 heteroatoms. The highest BCUT2D eigenvalue weighted by Crippen LogP contribution is 2.54. The minimum atomic E-state index is -7.48. The molecule has 0 aromatic carbocycles. The van der Waals surface area contributed by atoms with Crippen molar-refractivity contribution in [3.63, 3.8) is 0 Å². The van der Waals surface area contributed by atoms with Crippen LogP contribution in [0.1, 0.15) is 0 Å². The lowest BCUT2D eigenvalue weighted by Crippen LogP contribution is -2.62. The van der Waals surface area contributed by atoms with Crippen molar-refractivity contribution in [3.8, 4) is 0 Å². The van der Waals surface area contributed by atoms with Crippen LogP contribution in [0.2, 0.25) is 0 Å². The van der Waals surface area contributed by atoms with Crippen LogP contribution in [-0.4, -0.2) is 36.7 Å². The molecule has 0 aromatic rings. The smallest absolute Gasteiger partial charge is 0.272 e. The molecule has 0 aromatic heterocycles. The number of hydrogen-bond donors (Lipinski definition) is 0. The van der Waals surface area contributed by atoms with Crippen LogP contribution in [0.25, 0.3) is 0 Å². The first-order valence-corrected chi connectivity index (χ1v) is 3.96. The van der Waals surface area contributed by atoms with E-state index < -0.39 is 36.7 Å². The number of rotatable bonds is 4. The lowest BCUT2D eigenvalue weighted by molar-refractivity contribution is -0.468. The quantitative estimate of drug-likeness (QED) is 0.696. The molecule has 0 radical (unpaired) electrons. The SMILES string of the molecule is FC(OC(F)(F)C(F)(F)C(F)(F)C(F)(F)F)C(F)(F)F. The lowest BCUT2D eigenvalue weighted by atomic mass is 10.1. The van der Waals surface area contributed by atoms with Gasteiger partial charge in [0.05, 0.1) is 0 Å². The zero-order valence-corrected chi connectivity index (χ0v) is 8.40. The molecule has 0 amide bonds. The summed E-state index contributed by atoms with van der Waals surface area (Å²) in [6.07, 6.45) is -25.9. The topological polar surface area (TPSA) is 9.23 Å². The summed E-state index contributed by atoms with van der Waals surface area (Å²) in [5, 5.41) is 0. The number of hydrogen-bond acceptors (Lipinski definition) is 1. The number of halogens is 13. The highest BCUT2D eigenvalue weighted by Gasteiger charge is 2.83. The molecule has 0 fully saturated rings. The standard InChI is InChI=1S/C6HF13O/c7-1(2(8,9)10)20-6(18,19)4(13,14)3(11,12)5(15,16)17/h1H. The Morgan fingerprint density at radius 1 is 0.600 bits per heavy atom. The summed E-state index contributed by atoms with van der Waals surface area (Å²) in [5.74, 6) is -14.9. The predicted octanol–water partition coefficient (Wildman–Crippen LogP) is 4.29. The van der Waals surface area contributed by atoms with Crippen LogP contribution < -0.4 is 0 Å². The highest BCUT2D eigenvalue weighted by atomic mass is 19.4. The summed E-state index contributed by atoms with van der Waals surface area (Å²) in [6.45, 7) is 0. The number of alkyl halides is 13. The molecule has 0 saturated carbocycles. The van der Waals surface area contributed by atoms with Crippen LogP contribution in [0.5, 0.6) is 0 Å². The van der Waals surface area contributed by atoms with Crippen LogP contribution in [0.3, 0.4) is 0 Å². The average molecular weight is 336 g/mol. The van der Waals surface area contributed by atoms with Crippen LogP contribution in [0.4, 0.5) is 57.1 Å². The molecular weight excluding hydrogens is 335 g/mol. The second-order valence-corrected chi connectivity index (χ2v) is 3.14. The minimum absolute atomic E-state index is 1.69. The molecule has 0 aliphatic carbocycles. The van der Waals surface area contributed by atoms with Gasteiger partial charge >= 0.3 is 30.3 Å². The molecule has 1 nitrogen and oxygen atoms in total. The normalized spacial score (nSPS) is 17.2. The highest BCUT2D eigenvalue weighted by molar-refractivity contribution is 4.96. The van der Waals surface area contributed by atoms with Crippen molar-refractivity contribution >= 4 is 0 Å². The van der Waals surface area contributed by atoms with Crippen molar-refractivity contribution < 1.29 is 61.8 Å². The Bertz CT molecular complexity index is 338. The van der Waals surface area contributed by atoms with Gasteiger partial charge in [0.15, 0.2) is 0 Å².